The maximum Gasteiger partial charge on any atom is 0.315 e. The summed E-state index contributed by atoms with van der Waals surface area (Å²) in [5.41, 5.74) is 0. The maximum absolute atomic E-state index is 13.0. The summed E-state index contributed by atoms with van der Waals surface area (Å²) in [7, 11) is 1.39. The molecule has 0 aliphatic carbocycles. The van der Waals surface area contributed by atoms with E-state index in [2.05, 4.69) is 4.98 Å². The minimum Gasteiger partial charge on any atom is -0.481 e. The van der Waals surface area contributed by atoms with Crippen molar-refractivity contribution >= 4 is 5.97 Å². The van der Waals surface area contributed by atoms with E-state index < -0.39 is 24.1 Å². The van der Waals surface area contributed by atoms with Gasteiger partial charge in [0.25, 0.3) is 0 Å². The molecule has 0 unspecified atom stereocenters. The monoisotopic (exact) mass is 190 g/mol. The molecule has 1 aromatic heterocycles. The molecule has 13 heavy (non-hydrogen) atoms. The first-order valence-corrected chi connectivity index (χ1v) is 3.51. The van der Waals surface area contributed by atoms with E-state index in [9.17, 15) is 13.6 Å². The van der Waals surface area contributed by atoms with Gasteiger partial charge in [-0.2, -0.15) is 8.78 Å². The van der Waals surface area contributed by atoms with Crippen LogP contribution in [-0.4, -0.2) is 20.6 Å². The molecule has 0 aliphatic rings. The molecule has 1 rings (SSSR count). The van der Waals surface area contributed by atoms with E-state index in [0.29, 0.717) is 0 Å². The van der Waals surface area contributed by atoms with Gasteiger partial charge in [-0.1, -0.05) is 0 Å². The summed E-state index contributed by atoms with van der Waals surface area (Å²) in [5.74, 6) is -5.49. The molecule has 0 saturated carbocycles. The van der Waals surface area contributed by atoms with Gasteiger partial charge in [-0.25, -0.2) is 4.98 Å². The third kappa shape index (κ3) is 2.01. The summed E-state index contributed by atoms with van der Waals surface area (Å²) in [6.45, 7) is 0. The molecule has 0 fully saturated rings. The van der Waals surface area contributed by atoms with Gasteiger partial charge in [0.2, 0.25) is 0 Å². The first kappa shape index (κ1) is 9.63. The van der Waals surface area contributed by atoms with Crippen LogP contribution in [0, 0.1) is 0 Å². The first-order chi connectivity index (χ1) is 5.93. The second kappa shape index (κ2) is 3.12. The predicted molar refractivity (Wildman–Crippen MR) is 39.4 cm³/mol. The zero-order valence-corrected chi connectivity index (χ0v) is 6.87. The van der Waals surface area contributed by atoms with Gasteiger partial charge < -0.3 is 9.67 Å². The van der Waals surface area contributed by atoms with Crippen LogP contribution in [0.15, 0.2) is 12.4 Å². The van der Waals surface area contributed by atoms with Crippen molar-refractivity contribution in [2.24, 2.45) is 7.05 Å². The predicted octanol–water partition coefficient (Wildman–Crippen LogP) is 0.987. The summed E-state index contributed by atoms with van der Waals surface area (Å²) >= 11 is 0. The number of imidazole rings is 1. The van der Waals surface area contributed by atoms with Gasteiger partial charge in [0.05, 0.1) is 0 Å². The normalized spacial score (nSPS) is 11.6. The molecule has 0 bridgehead atoms. The number of carbonyl (C=O) groups is 1. The Balaban J connectivity index is 2.93. The quantitative estimate of drug-likeness (QED) is 0.773. The van der Waals surface area contributed by atoms with Crippen molar-refractivity contribution < 1.29 is 18.7 Å². The summed E-state index contributed by atoms with van der Waals surface area (Å²) in [6, 6.07) is 0. The van der Waals surface area contributed by atoms with Crippen LogP contribution < -0.4 is 0 Å². The average Bonchev–Trinajstić information content (AvgIpc) is 2.32. The molecule has 0 aliphatic heterocycles. The third-order valence-electron chi connectivity index (χ3n) is 1.52. The summed E-state index contributed by atoms with van der Waals surface area (Å²) in [4.78, 5) is 13.5. The summed E-state index contributed by atoms with van der Waals surface area (Å²) in [5, 5.41) is 8.22. The zero-order chi connectivity index (χ0) is 10.1. The molecule has 1 aromatic rings. The van der Waals surface area contributed by atoms with Crippen molar-refractivity contribution in [3.05, 3.63) is 18.2 Å². The van der Waals surface area contributed by atoms with E-state index >= 15 is 0 Å². The largest absolute Gasteiger partial charge is 0.481 e. The lowest BCUT2D eigenvalue weighted by Gasteiger charge is -2.12. The number of aliphatic carboxylic acids is 1. The molecular weight excluding hydrogens is 182 g/mol. The number of carboxylic acids is 1. The molecule has 0 spiro atoms. The van der Waals surface area contributed by atoms with Crippen molar-refractivity contribution in [3.8, 4) is 0 Å². The maximum atomic E-state index is 13.0. The van der Waals surface area contributed by atoms with Gasteiger partial charge in [0, 0.05) is 19.4 Å². The number of hydrogen-bond acceptors (Lipinski definition) is 2. The standard InChI is InChI=1S/C7H8F2N2O2/c1-11-3-2-10-6(11)7(8,9)4-5(12)13/h2-3H,4H2,1H3,(H,12,13). The fraction of sp³-hybridized carbons (Fsp3) is 0.429. The number of nitrogens with zero attached hydrogens (tertiary/aromatic N) is 2. The lowest BCUT2D eigenvalue weighted by atomic mass is 10.2. The highest BCUT2D eigenvalue weighted by molar-refractivity contribution is 5.67. The molecular formula is C7H8F2N2O2. The van der Waals surface area contributed by atoms with E-state index in [1.165, 1.54) is 19.4 Å². The topological polar surface area (TPSA) is 55.1 Å². The fourth-order valence-corrected chi connectivity index (χ4v) is 0.987. The number of rotatable bonds is 3. The molecule has 0 aromatic carbocycles. The second-order valence-electron chi connectivity index (χ2n) is 2.64. The Labute approximate surface area is 72.8 Å². The molecule has 1 N–H and O–H groups in total. The van der Waals surface area contributed by atoms with Crippen molar-refractivity contribution in [2.45, 2.75) is 12.3 Å². The number of carboxylic acid groups (broad SMARTS) is 1. The molecule has 1 heterocycles. The lowest BCUT2D eigenvalue weighted by Crippen LogP contribution is -2.22. The van der Waals surface area contributed by atoms with Crippen molar-refractivity contribution in [1.82, 2.24) is 9.55 Å². The van der Waals surface area contributed by atoms with Crippen LogP contribution in [0.4, 0.5) is 8.78 Å². The van der Waals surface area contributed by atoms with E-state index in [4.69, 9.17) is 5.11 Å². The number of hydrogen-bond donors (Lipinski definition) is 1. The van der Waals surface area contributed by atoms with Gasteiger partial charge >= 0.3 is 11.9 Å². The molecule has 0 radical (unpaired) electrons. The van der Waals surface area contributed by atoms with Crippen molar-refractivity contribution in [3.63, 3.8) is 0 Å². The average molecular weight is 190 g/mol. The first-order valence-electron chi connectivity index (χ1n) is 3.51. The van der Waals surface area contributed by atoms with Crippen LogP contribution in [0.1, 0.15) is 12.2 Å². The lowest BCUT2D eigenvalue weighted by molar-refractivity contribution is -0.146. The number of alkyl halides is 2. The van der Waals surface area contributed by atoms with Gasteiger partial charge in [-0.3, -0.25) is 4.79 Å². The van der Waals surface area contributed by atoms with Gasteiger partial charge in [0.1, 0.15) is 6.42 Å². The molecule has 6 heteroatoms. The highest BCUT2D eigenvalue weighted by atomic mass is 19.3. The Morgan fingerprint density at radius 1 is 1.77 bits per heavy atom. The highest BCUT2D eigenvalue weighted by Gasteiger charge is 2.38. The minimum atomic E-state index is -3.41. The Hall–Kier alpha value is -1.46. The Kier molecular flexibility index (Phi) is 2.31. The molecule has 0 atom stereocenters. The molecule has 0 saturated heterocycles. The number of aromatic nitrogens is 2. The van der Waals surface area contributed by atoms with Gasteiger partial charge in [-0.15, -0.1) is 0 Å². The van der Waals surface area contributed by atoms with Crippen LogP contribution in [0.25, 0.3) is 0 Å². The van der Waals surface area contributed by atoms with Crippen molar-refractivity contribution in [1.29, 1.82) is 0 Å². The van der Waals surface area contributed by atoms with Gasteiger partial charge in [-0.05, 0) is 0 Å². The number of aryl methyl sites for hydroxylation is 1. The molecule has 4 nitrogen and oxygen atoms in total. The Morgan fingerprint density at radius 3 is 2.77 bits per heavy atom. The van der Waals surface area contributed by atoms with E-state index in [-0.39, 0.29) is 0 Å². The second-order valence-corrected chi connectivity index (χ2v) is 2.64. The summed E-state index contributed by atoms with van der Waals surface area (Å²) < 4.78 is 27.2. The van der Waals surface area contributed by atoms with E-state index in [0.717, 1.165) is 4.57 Å². The van der Waals surface area contributed by atoms with Crippen LogP contribution in [0.3, 0.4) is 0 Å². The minimum absolute atomic E-state index is 0.532. The van der Waals surface area contributed by atoms with Gasteiger partial charge in [0.15, 0.2) is 5.82 Å². The van der Waals surface area contributed by atoms with E-state index in [1.54, 1.807) is 0 Å². The Morgan fingerprint density at radius 2 is 2.38 bits per heavy atom. The smallest absolute Gasteiger partial charge is 0.315 e. The van der Waals surface area contributed by atoms with Crippen molar-refractivity contribution in [2.75, 3.05) is 0 Å². The Bertz CT molecular complexity index is 322. The van der Waals surface area contributed by atoms with Crippen LogP contribution >= 0.6 is 0 Å². The van der Waals surface area contributed by atoms with Crippen LogP contribution in [0.5, 0.6) is 0 Å². The van der Waals surface area contributed by atoms with Crippen LogP contribution in [0.2, 0.25) is 0 Å². The third-order valence-corrected chi connectivity index (χ3v) is 1.52. The summed E-state index contributed by atoms with van der Waals surface area (Å²) in [6.07, 6.45) is 1.30. The zero-order valence-electron chi connectivity index (χ0n) is 6.87. The molecule has 72 valence electrons. The SMILES string of the molecule is Cn1ccnc1C(F)(F)CC(=O)O. The van der Waals surface area contributed by atoms with E-state index in [1.807, 2.05) is 0 Å². The highest BCUT2D eigenvalue weighted by Crippen LogP contribution is 2.29. The fourth-order valence-electron chi connectivity index (χ4n) is 0.987. The van der Waals surface area contributed by atoms with Crippen LogP contribution in [-0.2, 0) is 17.8 Å². The molecule has 0 amide bonds. The number of halogens is 2.